The molecule has 2 aromatic rings. The molecule has 1 heterocycles. The van der Waals surface area contributed by atoms with Crippen LogP contribution in [0.25, 0.3) is 10.9 Å². The molecule has 0 aliphatic heterocycles. The van der Waals surface area contributed by atoms with Crippen LogP contribution >= 0.6 is 0 Å². The lowest BCUT2D eigenvalue weighted by molar-refractivity contribution is -0.386. The lowest BCUT2D eigenvalue weighted by Crippen LogP contribution is -2.10. The van der Waals surface area contributed by atoms with Gasteiger partial charge in [-0.2, -0.15) is 0 Å². The first kappa shape index (κ1) is 10.2. The summed E-state index contributed by atoms with van der Waals surface area (Å²) in [6, 6.07) is 6.17. The largest absolute Gasteiger partial charge is 0.497 e. The summed E-state index contributed by atoms with van der Waals surface area (Å²) in [4.78, 5) is 23.6. The number of methoxy groups -OCH3 is 1. The maximum Gasteiger partial charge on any atom is 0.334 e. The molecule has 6 heteroatoms. The predicted molar refractivity (Wildman–Crippen MR) is 57.8 cm³/mol. The summed E-state index contributed by atoms with van der Waals surface area (Å²) < 4.78 is 4.99. The van der Waals surface area contributed by atoms with E-state index in [-0.39, 0.29) is 0 Å². The van der Waals surface area contributed by atoms with Crippen LogP contribution in [0.2, 0.25) is 0 Å². The van der Waals surface area contributed by atoms with Gasteiger partial charge in [-0.1, -0.05) is 0 Å². The van der Waals surface area contributed by atoms with E-state index < -0.39 is 16.2 Å². The van der Waals surface area contributed by atoms with Gasteiger partial charge in [0, 0.05) is 17.0 Å². The zero-order chi connectivity index (χ0) is 11.7. The first-order valence-corrected chi connectivity index (χ1v) is 4.47. The molecule has 0 aliphatic carbocycles. The number of nitrogens with zero attached hydrogens (tertiary/aromatic N) is 1. The van der Waals surface area contributed by atoms with Crippen molar-refractivity contribution in [2.24, 2.45) is 0 Å². The summed E-state index contributed by atoms with van der Waals surface area (Å²) in [5.74, 6) is 0.578. The summed E-state index contributed by atoms with van der Waals surface area (Å²) in [6.07, 6.45) is 0. The van der Waals surface area contributed by atoms with Crippen LogP contribution in [0.1, 0.15) is 0 Å². The Morgan fingerprint density at radius 3 is 2.75 bits per heavy atom. The quantitative estimate of drug-likeness (QED) is 0.613. The molecule has 0 unspecified atom stereocenters. The monoisotopic (exact) mass is 220 g/mol. The van der Waals surface area contributed by atoms with Gasteiger partial charge in [0.2, 0.25) is 0 Å². The number of aromatic amines is 1. The molecular weight excluding hydrogens is 212 g/mol. The second-order valence-corrected chi connectivity index (χ2v) is 3.19. The number of nitrogens with one attached hydrogen (secondary N) is 1. The van der Waals surface area contributed by atoms with E-state index in [1.165, 1.54) is 13.2 Å². The van der Waals surface area contributed by atoms with Gasteiger partial charge in [-0.3, -0.25) is 14.9 Å². The van der Waals surface area contributed by atoms with E-state index in [9.17, 15) is 14.9 Å². The van der Waals surface area contributed by atoms with E-state index >= 15 is 0 Å². The highest BCUT2D eigenvalue weighted by Crippen LogP contribution is 2.20. The number of rotatable bonds is 2. The Kier molecular flexibility index (Phi) is 2.32. The molecule has 6 nitrogen and oxygen atoms in total. The third-order valence-corrected chi connectivity index (χ3v) is 2.23. The summed E-state index contributed by atoms with van der Waals surface area (Å²) >= 11 is 0. The minimum atomic E-state index is -0.711. The molecule has 0 bridgehead atoms. The smallest absolute Gasteiger partial charge is 0.334 e. The molecule has 1 aromatic heterocycles. The summed E-state index contributed by atoms with van der Waals surface area (Å²) in [5.41, 5.74) is -0.639. The Labute approximate surface area is 89.6 Å². The van der Waals surface area contributed by atoms with E-state index in [0.29, 0.717) is 16.7 Å². The Morgan fingerprint density at radius 2 is 2.12 bits per heavy atom. The van der Waals surface area contributed by atoms with Gasteiger partial charge in [0.25, 0.3) is 0 Å². The molecule has 1 N–H and O–H groups in total. The first-order chi connectivity index (χ1) is 7.61. The molecule has 1 aromatic carbocycles. The van der Waals surface area contributed by atoms with E-state index in [0.717, 1.165) is 0 Å². The van der Waals surface area contributed by atoms with Gasteiger partial charge in [-0.25, -0.2) is 0 Å². The third-order valence-electron chi connectivity index (χ3n) is 2.23. The van der Waals surface area contributed by atoms with E-state index in [1.807, 2.05) is 0 Å². The van der Waals surface area contributed by atoms with Crippen molar-refractivity contribution in [1.82, 2.24) is 4.98 Å². The fourth-order valence-corrected chi connectivity index (χ4v) is 1.44. The van der Waals surface area contributed by atoms with Crippen LogP contribution in [-0.4, -0.2) is 17.0 Å². The first-order valence-electron chi connectivity index (χ1n) is 4.47. The SMILES string of the molecule is COc1ccc2[nH]c(=O)c([N+](=O)[O-])cc2c1. The van der Waals surface area contributed by atoms with Gasteiger partial charge in [0.1, 0.15) is 5.75 Å². The summed E-state index contributed by atoms with van der Waals surface area (Å²) in [6.45, 7) is 0. The molecular formula is C10H8N2O4. The number of nitro groups is 1. The molecule has 82 valence electrons. The second kappa shape index (κ2) is 3.65. The van der Waals surface area contributed by atoms with Crippen molar-refractivity contribution in [1.29, 1.82) is 0 Å². The highest BCUT2D eigenvalue weighted by atomic mass is 16.6. The van der Waals surface area contributed by atoms with Gasteiger partial charge in [0.15, 0.2) is 0 Å². The molecule has 0 amide bonds. The maximum atomic E-state index is 11.3. The molecule has 0 aliphatic rings. The van der Waals surface area contributed by atoms with E-state index in [2.05, 4.69) is 4.98 Å². The average Bonchev–Trinajstić information content (AvgIpc) is 2.27. The number of H-pyrrole nitrogens is 1. The number of fused-ring (bicyclic) bond motifs is 1. The lowest BCUT2D eigenvalue weighted by atomic mass is 10.2. The zero-order valence-corrected chi connectivity index (χ0v) is 8.39. The van der Waals surface area contributed by atoms with Crippen molar-refractivity contribution in [3.05, 3.63) is 44.7 Å². The van der Waals surface area contributed by atoms with Crippen molar-refractivity contribution in [3.63, 3.8) is 0 Å². The molecule has 0 atom stereocenters. The van der Waals surface area contributed by atoms with Crippen molar-refractivity contribution in [2.45, 2.75) is 0 Å². The van der Waals surface area contributed by atoms with Crippen LogP contribution in [0.3, 0.4) is 0 Å². The van der Waals surface area contributed by atoms with Crippen LogP contribution < -0.4 is 10.3 Å². The fourth-order valence-electron chi connectivity index (χ4n) is 1.44. The van der Waals surface area contributed by atoms with Gasteiger partial charge in [0.05, 0.1) is 12.0 Å². The fraction of sp³-hybridized carbons (Fsp3) is 0.100. The van der Waals surface area contributed by atoms with Crippen LogP contribution in [0, 0.1) is 10.1 Å². The van der Waals surface area contributed by atoms with Gasteiger partial charge < -0.3 is 9.72 Å². The van der Waals surface area contributed by atoms with Crippen LogP contribution in [0.15, 0.2) is 29.1 Å². The Morgan fingerprint density at radius 1 is 1.38 bits per heavy atom. The minimum Gasteiger partial charge on any atom is -0.497 e. The molecule has 0 spiro atoms. The molecule has 16 heavy (non-hydrogen) atoms. The maximum absolute atomic E-state index is 11.3. The minimum absolute atomic E-state index is 0.472. The highest BCUT2D eigenvalue weighted by molar-refractivity contribution is 5.81. The number of hydrogen-bond donors (Lipinski definition) is 1. The molecule has 0 saturated heterocycles. The Bertz CT molecular complexity index is 618. The number of benzene rings is 1. The number of ether oxygens (including phenoxy) is 1. The molecule has 0 fully saturated rings. The van der Waals surface area contributed by atoms with Crippen LogP contribution in [0.5, 0.6) is 5.75 Å². The highest BCUT2D eigenvalue weighted by Gasteiger charge is 2.13. The number of pyridine rings is 1. The van der Waals surface area contributed by atoms with Crippen molar-refractivity contribution in [2.75, 3.05) is 7.11 Å². The number of aromatic nitrogens is 1. The second-order valence-electron chi connectivity index (χ2n) is 3.19. The van der Waals surface area contributed by atoms with E-state index in [1.54, 1.807) is 18.2 Å². The molecule has 2 rings (SSSR count). The topological polar surface area (TPSA) is 85.2 Å². The van der Waals surface area contributed by atoms with Crippen molar-refractivity contribution in [3.8, 4) is 5.75 Å². The Balaban J connectivity index is 2.75. The summed E-state index contributed by atoms with van der Waals surface area (Å²) in [7, 11) is 1.50. The van der Waals surface area contributed by atoms with Gasteiger partial charge in [-0.15, -0.1) is 0 Å². The predicted octanol–water partition coefficient (Wildman–Crippen LogP) is 1.44. The third kappa shape index (κ3) is 1.60. The van der Waals surface area contributed by atoms with Crippen molar-refractivity contribution >= 4 is 16.6 Å². The average molecular weight is 220 g/mol. The standard InChI is InChI=1S/C10H8N2O4/c1-16-7-2-3-8-6(4-7)5-9(12(14)15)10(13)11-8/h2-5H,1H3,(H,11,13). The van der Waals surface area contributed by atoms with Crippen molar-refractivity contribution < 1.29 is 9.66 Å². The van der Waals surface area contributed by atoms with Crippen LogP contribution in [0.4, 0.5) is 5.69 Å². The Hall–Kier alpha value is -2.37. The normalized spacial score (nSPS) is 10.3. The zero-order valence-electron chi connectivity index (χ0n) is 8.39. The molecule has 0 saturated carbocycles. The number of hydrogen-bond acceptors (Lipinski definition) is 4. The van der Waals surface area contributed by atoms with Gasteiger partial charge >= 0.3 is 11.2 Å². The van der Waals surface area contributed by atoms with E-state index in [4.69, 9.17) is 4.74 Å². The lowest BCUT2D eigenvalue weighted by Gasteiger charge is -2.01. The summed E-state index contributed by atoms with van der Waals surface area (Å²) in [5, 5.41) is 11.1. The molecule has 0 radical (unpaired) electrons. The van der Waals surface area contributed by atoms with Crippen LogP contribution in [-0.2, 0) is 0 Å². The van der Waals surface area contributed by atoms with Gasteiger partial charge in [-0.05, 0) is 18.2 Å².